The molecule has 4 heteroatoms. The van der Waals surface area contributed by atoms with E-state index in [1.54, 1.807) is 11.3 Å². The van der Waals surface area contributed by atoms with Crippen LogP contribution >= 0.6 is 11.3 Å². The van der Waals surface area contributed by atoms with Gasteiger partial charge >= 0.3 is 0 Å². The lowest BCUT2D eigenvalue weighted by molar-refractivity contribution is 0.177. The highest BCUT2D eigenvalue weighted by molar-refractivity contribution is 7.18. The summed E-state index contributed by atoms with van der Waals surface area (Å²) in [6.07, 6.45) is 2.96. The highest BCUT2D eigenvalue weighted by Crippen LogP contribution is 2.28. The smallest absolute Gasteiger partial charge is 0.111 e. The van der Waals surface area contributed by atoms with Crippen LogP contribution in [0.15, 0.2) is 24.3 Å². The van der Waals surface area contributed by atoms with Crippen LogP contribution in [0.1, 0.15) is 37.2 Å². The van der Waals surface area contributed by atoms with E-state index in [0.29, 0.717) is 5.92 Å². The van der Waals surface area contributed by atoms with Gasteiger partial charge in [-0.15, -0.1) is 11.3 Å². The van der Waals surface area contributed by atoms with Crippen LogP contribution in [0.25, 0.3) is 10.2 Å². The number of thiazole rings is 1. The molecule has 3 unspecified atom stereocenters. The van der Waals surface area contributed by atoms with Gasteiger partial charge in [-0.25, -0.2) is 4.98 Å². The Morgan fingerprint density at radius 3 is 3.00 bits per heavy atom. The van der Waals surface area contributed by atoms with Gasteiger partial charge in [-0.1, -0.05) is 12.1 Å². The van der Waals surface area contributed by atoms with Gasteiger partial charge in [0.15, 0.2) is 0 Å². The van der Waals surface area contributed by atoms with Crippen molar-refractivity contribution in [3.63, 3.8) is 0 Å². The summed E-state index contributed by atoms with van der Waals surface area (Å²) in [4.78, 5) is 4.68. The van der Waals surface area contributed by atoms with Crippen LogP contribution in [0.4, 0.5) is 0 Å². The predicted octanol–water partition coefficient (Wildman–Crippen LogP) is 3.11. The molecule has 3 rings (SSSR count). The van der Waals surface area contributed by atoms with Crippen molar-refractivity contribution in [1.82, 2.24) is 10.3 Å². The summed E-state index contributed by atoms with van der Waals surface area (Å²) < 4.78 is 1.25. The van der Waals surface area contributed by atoms with Gasteiger partial charge in [0.05, 0.1) is 22.4 Å². The van der Waals surface area contributed by atoms with Crippen molar-refractivity contribution in [2.45, 2.75) is 38.3 Å². The van der Waals surface area contributed by atoms with Crippen LogP contribution in [0, 0.1) is 5.92 Å². The van der Waals surface area contributed by atoms with Crippen molar-refractivity contribution in [1.29, 1.82) is 0 Å². The fraction of sp³-hybridized carbons (Fsp3) is 0.533. The molecule has 0 saturated heterocycles. The molecule has 1 aromatic carbocycles. The van der Waals surface area contributed by atoms with E-state index in [9.17, 15) is 5.11 Å². The SMILES string of the molecule is CC(NCC1CCC(O)C1)c1nc2ccccc2s1. The molecule has 2 N–H and O–H groups in total. The first-order valence-corrected chi connectivity index (χ1v) is 7.81. The largest absolute Gasteiger partial charge is 0.393 e. The van der Waals surface area contributed by atoms with E-state index < -0.39 is 0 Å². The highest BCUT2D eigenvalue weighted by atomic mass is 32.1. The molecule has 0 amide bonds. The number of para-hydroxylation sites is 1. The van der Waals surface area contributed by atoms with E-state index in [0.717, 1.165) is 36.3 Å². The number of aromatic nitrogens is 1. The Bertz CT molecular complexity index is 521. The second kappa shape index (κ2) is 5.57. The molecule has 1 aliphatic carbocycles. The number of rotatable bonds is 4. The number of benzene rings is 1. The topological polar surface area (TPSA) is 45.1 Å². The highest BCUT2D eigenvalue weighted by Gasteiger charge is 2.23. The van der Waals surface area contributed by atoms with Crippen molar-refractivity contribution in [2.24, 2.45) is 5.92 Å². The van der Waals surface area contributed by atoms with E-state index in [1.807, 2.05) is 6.07 Å². The van der Waals surface area contributed by atoms with Gasteiger partial charge in [-0.3, -0.25) is 0 Å². The Morgan fingerprint density at radius 1 is 1.42 bits per heavy atom. The third kappa shape index (κ3) is 2.96. The fourth-order valence-electron chi connectivity index (χ4n) is 2.74. The zero-order valence-corrected chi connectivity index (χ0v) is 12.0. The summed E-state index contributed by atoms with van der Waals surface area (Å²) in [5.74, 6) is 0.617. The van der Waals surface area contributed by atoms with Crippen LogP contribution in [-0.4, -0.2) is 22.7 Å². The normalized spacial score (nSPS) is 24.9. The summed E-state index contributed by atoms with van der Waals surface area (Å²) >= 11 is 1.77. The maximum atomic E-state index is 9.54. The van der Waals surface area contributed by atoms with E-state index in [4.69, 9.17) is 0 Å². The summed E-state index contributed by atoms with van der Waals surface area (Å²) in [7, 11) is 0. The minimum absolute atomic E-state index is 0.0791. The van der Waals surface area contributed by atoms with Crippen molar-refractivity contribution in [3.8, 4) is 0 Å². The molecule has 0 aliphatic heterocycles. The van der Waals surface area contributed by atoms with E-state index in [-0.39, 0.29) is 12.1 Å². The first kappa shape index (κ1) is 13.0. The molecule has 1 heterocycles. The maximum Gasteiger partial charge on any atom is 0.111 e. The zero-order chi connectivity index (χ0) is 13.2. The number of hydrogen-bond donors (Lipinski definition) is 2. The average Bonchev–Trinajstić information content (AvgIpc) is 3.01. The van der Waals surface area contributed by atoms with E-state index >= 15 is 0 Å². The minimum atomic E-state index is -0.0791. The summed E-state index contributed by atoms with van der Waals surface area (Å²) in [5.41, 5.74) is 1.09. The molecule has 102 valence electrons. The van der Waals surface area contributed by atoms with Gasteiger partial charge in [-0.05, 0) is 50.8 Å². The monoisotopic (exact) mass is 276 g/mol. The number of aliphatic hydroxyl groups is 1. The standard InChI is InChI=1S/C15H20N2OS/c1-10(16-9-11-6-7-12(18)8-11)15-17-13-4-2-3-5-14(13)19-15/h2-5,10-12,16,18H,6-9H2,1H3. The zero-order valence-electron chi connectivity index (χ0n) is 11.2. The quantitative estimate of drug-likeness (QED) is 0.902. The van der Waals surface area contributed by atoms with Crippen LogP contribution in [0.5, 0.6) is 0 Å². The molecule has 1 saturated carbocycles. The third-order valence-corrected chi connectivity index (χ3v) is 5.13. The summed E-state index contributed by atoms with van der Waals surface area (Å²) in [5, 5.41) is 14.3. The lowest BCUT2D eigenvalue weighted by atomic mass is 10.1. The van der Waals surface area contributed by atoms with Crippen molar-refractivity contribution >= 4 is 21.6 Å². The van der Waals surface area contributed by atoms with E-state index in [2.05, 4.69) is 35.4 Å². The molecule has 1 fully saturated rings. The molecule has 19 heavy (non-hydrogen) atoms. The van der Waals surface area contributed by atoms with Crippen LogP contribution < -0.4 is 5.32 Å². The number of aliphatic hydroxyl groups excluding tert-OH is 1. The van der Waals surface area contributed by atoms with Gasteiger partial charge in [0.25, 0.3) is 0 Å². The second-order valence-electron chi connectivity index (χ2n) is 5.48. The van der Waals surface area contributed by atoms with Gasteiger partial charge < -0.3 is 10.4 Å². The van der Waals surface area contributed by atoms with Crippen LogP contribution in [0.2, 0.25) is 0 Å². The van der Waals surface area contributed by atoms with Crippen molar-refractivity contribution in [3.05, 3.63) is 29.3 Å². The lowest BCUT2D eigenvalue weighted by Crippen LogP contribution is -2.24. The molecule has 0 bridgehead atoms. The van der Waals surface area contributed by atoms with Crippen molar-refractivity contribution in [2.75, 3.05) is 6.54 Å². The predicted molar refractivity (Wildman–Crippen MR) is 79.4 cm³/mol. The Labute approximate surface area is 117 Å². The molecule has 3 nitrogen and oxygen atoms in total. The third-order valence-electron chi connectivity index (χ3n) is 3.91. The molecule has 0 radical (unpaired) electrons. The first-order chi connectivity index (χ1) is 9.22. The van der Waals surface area contributed by atoms with Gasteiger partial charge in [0.1, 0.15) is 5.01 Å². The number of hydrogen-bond acceptors (Lipinski definition) is 4. The second-order valence-corrected chi connectivity index (χ2v) is 6.54. The molecular weight excluding hydrogens is 256 g/mol. The Morgan fingerprint density at radius 2 is 2.26 bits per heavy atom. The molecule has 1 aliphatic rings. The average molecular weight is 276 g/mol. The number of fused-ring (bicyclic) bond motifs is 1. The number of nitrogens with one attached hydrogen (secondary N) is 1. The molecule has 2 aromatic rings. The summed E-state index contributed by atoms with van der Waals surface area (Å²) in [6.45, 7) is 3.15. The van der Waals surface area contributed by atoms with Gasteiger partial charge in [-0.2, -0.15) is 0 Å². The molecule has 1 aromatic heterocycles. The van der Waals surface area contributed by atoms with Crippen molar-refractivity contribution < 1.29 is 5.11 Å². The molecule has 0 spiro atoms. The van der Waals surface area contributed by atoms with Gasteiger partial charge in [0, 0.05) is 0 Å². The van der Waals surface area contributed by atoms with Crippen LogP contribution in [0.3, 0.4) is 0 Å². The maximum absolute atomic E-state index is 9.54. The fourth-order valence-corrected chi connectivity index (χ4v) is 3.73. The molecular formula is C15H20N2OS. The first-order valence-electron chi connectivity index (χ1n) is 6.99. The summed E-state index contributed by atoms with van der Waals surface area (Å²) in [6, 6.07) is 8.56. The Kier molecular flexibility index (Phi) is 3.82. The van der Waals surface area contributed by atoms with Crippen LogP contribution in [-0.2, 0) is 0 Å². The lowest BCUT2D eigenvalue weighted by Gasteiger charge is -2.15. The Balaban J connectivity index is 1.61. The van der Waals surface area contributed by atoms with Gasteiger partial charge in [0.2, 0.25) is 0 Å². The Hall–Kier alpha value is -0.970. The molecule has 3 atom stereocenters. The van der Waals surface area contributed by atoms with E-state index in [1.165, 1.54) is 4.70 Å². The number of nitrogens with zero attached hydrogens (tertiary/aromatic N) is 1. The minimum Gasteiger partial charge on any atom is -0.393 e.